The first-order chi connectivity index (χ1) is 8.76. The van der Waals surface area contributed by atoms with E-state index in [2.05, 4.69) is 5.32 Å². The number of nitrogens with one attached hydrogen (secondary N) is 1. The number of hydrogen-bond acceptors (Lipinski definition) is 2. The summed E-state index contributed by atoms with van der Waals surface area (Å²) in [6.07, 6.45) is 4.18. The SMILES string of the molecule is O=C(Nc1ccc(CCO)cc1)C1CC2CC2C1. The first kappa shape index (κ1) is 11.7. The number of fused-ring (bicyclic) bond motifs is 1. The van der Waals surface area contributed by atoms with E-state index in [4.69, 9.17) is 5.11 Å². The maximum atomic E-state index is 12.0. The van der Waals surface area contributed by atoms with Gasteiger partial charge in [0.25, 0.3) is 0 Å². The van der Waals surface area contributed by atoms with Gasteiger partial charge in [-0.15, -0.1) is 0 Å². The largest absolute Gasteiger partial charge is 0.396 e. The van der Waals surface area contributed by atoms with Crippen molar-refractivity contribution in [1.29, 1.82) is 0 Å². The zero-order valence-corrected chi connectivity index (χ0v) is 10.4. The highest BCUT2D eigenvalue weighted by molar-refractivity contribution is 5.92. The van der Waals surface area contributed by atoms with Gasteiger partial charge in [0.1, 0.15) is 0 Å². The van der Waals surface area contributed by atoms with Crippen LogP contribution in [0.3, 0.4) is 0 Å². The summed E-state index contributed by atoms with van der Waals surface area (Å²) in [5.74, 6) is 2.09. The van der Waals surface area contributed by atoms with E-state index < -0.39 is 0 Å². The molecule has 2 unspecified atom stereocenters. The smallest absolute Gasteiger partial charge is 0.227 e. The number of carbonyl (C=O) groups is 1. The highest BCUT2D eigenvalue weighted by Crippen LogP contribution is 2.54. The van der Waals surface area contributed by atoms with E-state index in [0.717, 1.165) is 35.9 Å². The molecule has 0 radical (unpaired) electrons. The van der Waals surface area contributed by atoms with Gasteiger partial charge >= 0.3 is 0 Å². The molecule has 0 saturated heterocycles. The van der Waals surface area contributed by atoms with Gasteiger partial charge in [0.15, 0.2) is 0 Å². The third kappa shape index (κ3) is 2.41. The minimum absolute atomic E-state index is 0.163. The van der Waals surface area contributed by atoms with Crippen LogP contribution in [0.25, 0.3) is 0 Å². The first-order valence-corrected chi connectivity index (χ1v) is 6.77. The van der Waals surface area contributed by atoms with E-state index in [1.807, 2.05) is 24.3 Å². The molecule has 2 saturated carbocycles. The van der Waals surface area contributed by atoms with E-state index in [9.17, 15) is 4.79 Å². The van der Waals surface area contributed by atoms with Crippen molar-refractivity contribution in [2.24, 2.45) is 17.8 Å². The number of anilines is 1. The molecule has 0 aromatic heterocycles. The van der Waals surface area contributed by atoms with Gasteiger partial charge in [0.2, 0.25) is 5.91 Å². The van der Waals surface area contributed by atoms with Gasteiger partial charge < -0.3 is 10.4 Å². The summed E-state index contributed by atoms with van der Waals surface area (Å²) in [5, 5.41) is 11.8. The van der Waals surface area contributed by atoms with Gasteiger partial charge in [-0.1, -0.05) is 12.1 Å². The zero-order valence-electron chi connectivity index (χ0n) is 10.4. The van der Waals surface area contributed by atoms with Crippen LogP contribution in [0.4, 0.5) is 5.69 Å². The molecule has 3 nitrogen and oxygen atoms in total. The molecular formula is C15H19NO2. The molecule has 0 spiro atoms. The van der Waals surface area contributed by atoms with Gasteiger partial charge in [-0.25, -0.2) is 0 Å². The van der Waals surface area contributed by atoms with Crippen LogP contribution in [-0.2, 0) is 11.2 Å². The van der Waals surface area contributed by atoms with Crippen molar-refractivity contribution in [2.75, 3.05) is 11.9 Å². The Labute approximate surface area is 107 Å². The van der Waals surface area contributed by atoms with Gasteiger partial charge in [0.05, 0.1) is 0 Å². The van der Waals surface area contributed by atoms with Gasteiger partial charge in [-0.2, -0.15) is 0 Å². The first-order valence-electron chi connectivity index (χ1n) is 6.77. The fourth-order valence-corrected chi connectivity index (χ4v) is 3.06. The van der Waals surface area contributed by atoms with Crippen LogP contribution in [0.1, 0.15) is 24.8 Å². The monoisotopic (exact) mass is 245 g/mol. The fourth-order valence-electron chi connectivity index (χ4n) is 3.06. The predicted octanol–water partition coefficient (Wildman–Crippen LogP) is 2.21. The van der Waals surface area contributed by atoms with Crippen LogP contribution >= 0.6 is 0 Å². The van der Waals surface area contributed by atoms with Crippen molar-refractivity contribution in [3.05, 3.63) is 29.8 Å². The Morgan fingerprint density at radius 2 is 1.83 bits per heavy atom. The van der Waals surface area contributed by atoms with E-state index in [-0.39, 0.29) is 18.4 Å². The predicted molar refractivity (Wildman–Crippen MR) is 70.2 cm³/mol. The van der Waals surface area contributed by atoms with Crippen molar-refractivity contribution in [3.63, 3.8) is 0 Å². The molecule has 3 heteroatoms. The van der Waals surface area contributed by atoms with Gasteiger partial charge in [-0.05, 0) is 55.2 Å². The minimum atomic E-state index is 0.163. The number of rotatable bonds is 4. The summed E-state index contributed by atoms with van der Waals surface area (Å²) in [7, 11) is 0. The van der Waals surface area contributed by atoms with Crippen LogP contribution in [0, 0.1) is 17.8 Å². The molecule has 2 atom stereocenters. The lowest BCUT2D eigenvalue weighted by atomic mass is 10.0. The van der Waals surface area contributed by atoms with Crippen molar-refractivity contribution in [3.8, 4) is 0 Å². The second kappa shape index (κ2) is 4.73. The number of aliphatic hydroxyl groups is 1. The summed E-state index contributed by atoms with van der Waals surface area (Å²) < 4.78 is 0. The second-order valence-corrected chi connectivity index (χ2v) is 5.58. The molecule has 96 valence electrons. The standard InChI is InChI=1S/C15H19NO2/c17-6-5-10-1-3-14(4-2-10)16-15(18)13-8-11-7-12(11)9-13/h1-4,11-13,17H,5-9H2,(H,16,18). The molecule has 1 aromatic carbocycles. The average Bonchev–Trinajstić information content (AvgIpc) is 2.99. The Balaban J connectivity index is 1.56. The number of amides is 1. The van der Waals surface area contributed by atoms with Crippen LogP contribution < -0.4 is 5.32 Å². The Hall–Kier alpha value is -1.35. The van der Waals surface area contributed by atoms with Crippen LogP contribution in [0.15, 0.2) is 24.3 Å². The van der Waals surface area contributed by atoms with E-state index >= 15 is 0 Å². The maximum absolute atomic E-state index is 12.0. The number of aliphatic hydroxyl groups excluding tert-OH is 1. The number of benzene rings is 1. The third-order valence-corrected chi connectivity index (χ3v) is 4.24. The summed E-state index contributed by atoms with van der Waals surface area (Å²) >= 11 is 0. The van der Waals surface area contributed by atoms with E-state index in [1.54, 1.807) is 0 Å². The van der Waals surface area contributed by atoms with E-state index in [1.165, 1.54) is 6.42 Å². The lowest BCUT2D eigenvalue weighted by molar-refractivity contribution is -0.120. The maximum Gasteiger partial charge on any atom is 0.227 e. The molecular weight excluding hydrogens is 226 g/mol. The van der Waals surface area contributed by atoms with Crippen LogP contribution in [-0.4, -0.2) is 17.6 Å². The molecule has 0 heterocycles. The summed E-state index contributed by atoms with van der Waals surface area (Å²) in [6.45, 7) is 0.163. The molecule has 0 bridgehead atoms. The Bertz CT molecular complexity index is 430. The topological polar surface area (TPSA) is 49.3 Å². The molecule has 0 aliphatic heterocycles. The molecule has 3 rings (SSSR count). The zero-order chi connectivity index (χ0) is 12.5. The average molecular weight is 245 g/mol. The quantitative estimate of drug-likeness (QED) is 0.854. The Morgan fingerprint density at radius 3 is 2.44 bits per heavy atom. The van der Waals surface area contributed by atoms with Crippen molar-refractivity contribution < 1.29 is 9.90 Å². The lowest BCUT2D eigenvalue weighted by Crippen LogP contribution is -2.21. The number of hydrogen-bond donors (Lipinski definition) is 2. The van der Waals surface area contributed by atoms with Crippen LogP contribution in [0.2, 0.25) is 0 Å². The molecule has 2 N–H and O–H groups in total. The molecule has 2 aliphatic carbocycles. The van der Waals surface area contributed by atoms with Crippen molar-refractivity contribution >= 4 is 11.6 Å². The summed E-state index contributed by atoms with van der Waals surface area (Å²) in [5.41, 5.74) is 1.96. The minimum Gasteiger partial charge on any atom is -0.396 e. The Kier molecular flexibility index (Phi) is 3.08. The normalized spacial score (nSPS) is 28.8. The number of carbonyl (C=O) groups excluding carboxylic acids is 1. The molecule has 18 heavy (non-hydrogen) atoms. The summed E-state index contributed by atoms with van der Waals surface area (Å²) in [4.78, 5) is 12.0. The summed E-state index contributed by atoms with van der Waals surface area (Å²) in [6, 6.07) is 7.74. The third-order valence-electron chi connectivity index (χ3n) is 4.24. The van der Waals surface area contributed by atoms with Gasteiger partial charge in [0, 0.05) is 18.2 Å². The second-order valence-electron chi connectivity index (χ2n) is 5.58. The highest BCUT2D eigenvalue weighted by Gasteiger charge is 2.47. The van der Waals surface area contributed by atoms with Gasteiger partial charge in [-0.3, -0.25) is 4.79 Å². The molecule has 1 aromatic rings. The van der Waals surface area contributed by atoms with E-state index in [0.29, 0.717) is 6.42 Å². The molecule has 1 amide bonds. The molecule has 2 fully saturated rings. The Morgan fingerprint density at radius 1 is 1.17 bits per heavy atom. The van der Waals surface area contributed by atoms with Crippen molar-refractivity contribution in [1.82, 2.24) is 0 Å². The lowest BCUT2D eigenvalue weighted by Gasteiger charge is -2.12. The highest BCUT2D eigenvalue weighted by atomic mass is 16.2. The van der Waals surface area contributed by atoms with Crippen LogP contribution in [0.5, 0.6) is 0 Å². The fraction of sp³-hybridized carbons (Fsp3) is 0.533. The molecule has 2 aliphatic rings. The van der Waals surface area contributed by atoms with Crippen molar-refractivity contribution in [2.45, 2.75) is 25.7 Å².